The second kappa shape index (κ2) is 5.19. The zero-order valence-corrected chi connectivity index (χ0v) is 8.89. The Bertz CT molecular complexity index is 167. The Labute approximate surface area is 79.8 Å². The van der Waals surface area contributed by atoms with E-state index in [9.17, 15) is 4.79 Å². The van der Waals surface area contributed by atoms with Crippen molar-refractivity contribution in [2.45, 2.75) is 39.7 Å². The standard InChI is InChI=1S/C9H20N2O2/c1-7(2)5-8(12)11-9(3,4)6-13-10/h7H,5-6,10H2,1-4H3,(H,11,12). The molecule has 0 spiro atoms. The molecule has 0 aliphatic carbocycles. The van der Waals surface area contributed by atoms with Gasteiger partial charge in [-0.3, -0.25) is 4.79 Å². The van der Waals surface area contributed by atoms with E-state index < -0.39 is 0 Å². The molecule has 0 saturated carbocycles. The first-order valence-corrected chi connectivity index (χ1v) is 4.50. The summed E-state index contributed by atoms with van der Waals surface area (Å²) in [6.45, 7) is 8.07. The first-order chi connectivity index (χ1) is 5.87. The van der Waals surface area contributed by atoms with Gasteiger partial charge >= 0.3 is 0 Å². The van der Waals surface area contributed by atoms with Gasteiger partial charge in [0.1, 0.15) is 0 Å². The summed E-state index contributed by atoms with van der Waals surface area (Å²) in [5.41, 5.74) is -0.388. The Morgan fingerprint density at radius 1 is 1.54 bits per heavy atom. The van der Waals surface area contributed by atoms with Crippen molar-refractivity contribution in [3.63, 3.8) is 0 Å². The lowest BCUT2D eigenvalue weighted by atomic mass is 10.1. The van der Waals surface area contributed by atoms with Gasteiger partial charge in [-0.25, -0.2) is 5.90 Å². The smallest absolute Gasteiger partial charge is 0.220 e. The Morgan fingerprint density at radius 3 is 2.46 bits per heavy atom. The third-order valence-electron chi connectivity index (χ3n) is 1.52. The summed E-state index contributed by atoms with van der Waals surface area (Å²) in [7, 11) is 0. The monoisotopic (exact) mass is 188 g/mol. The fourth-order valence-electron chi connectivity index (χ4n) is 1.04. The number of rotatable bonds is 5. The zero-order chi connectivity index (χ0) is 10.5. The minimum atomic E-state index is -0.388. The van der Waals surface area contributed by atoms with Crippen LogP contribution in [-0.4, -0.2) is 18.1 Å². The van der Waals surface area contributed by atoms with Gasteiger partial charge < -0.3 is 10.2 Å². The van der Waals surface area contributed by atoms with E-state index in [1.807, 2.05) is 27.7 Å². The maximum atomic E-state index is 11.3. The van der Waals surface area contributed by atoms with E-state index in [0.29, 0.717) is 18.9 Å². The van der Waals surface area contributed by atoms with Crippen molar-refractivity contribution in [1.82, 2.24) is 5.32 Å². The number of carbonyl (C=O) groups is 1. The second-order valence-corrected chi connectivity index (χ2v) is 4.34. The highest BCUT2D eigenvalue weighted by Crippen LogP contribution is 2.05. The Kier molecular flexibility index (Phi) is 4.95. The summed E-state index contributed by atoms with van der Waals surface area (Å²) in [5, 5.41) is 2.84. The average Bonchev–Trinajstić information content (AvgIpc) is 1.81. The van der Waals surface area contributed by atoms with Gasteiger partial charge in [-0.2, -0.15) is 0 Å². The number of nitrogens with two attached hydrogens (primary N) is 1. The summed E-state index contributed by atoms with van der Waals surface area (Å²) in [4.78, 5) is 15.8. The molecular weight excluding hydrogens is 168 g/mol. The molecule has 0 saturated heterocycles. The fraction of sp³-hybridized carbons (Fsp3) is 0.889. The van der Waals surface area contributed by atoms with Crippen molar-refractivity contribution in [1.29, 1.82) is 0 Å². The lowest BCUT2D eigenvalue weighted by Crippen LogP contribution is -2.47. The van der Waals surface area contributed by atoms with Crippen LogP contribution in [0.15, 0.2) is 0 Å². The predicted molar refractivity (Wildman–Crippen MR) is 51.8 cm³/mol. The van der Waals surface area contributed by atoms with Crippen LogP contribution in [0.4, 0.5) is 0 Å². The van der Waals surface area contributed by atoms with Crippen molar-refractivity contribution < 1.29 is 9.63 Å². The van der Waals surface area contributed by atoms with Crippen LogP contribution in [0, 0.1) is 5.92 Å². The molecule has 0 aliphatic heterocycles. The molecule has 0 unspecified atom stereocenters. The van der Waals surface area contributed by atoms with Crippen LogP contribution >= 0.6 is 0 Å². The fourth-order valence-corrected chi connectivity index (χ4v) is 1.04. The zero-order valence-electron chi connectivity index (χ0n) is 8.89. The molecule has 78 valence electrons. The Balaban J connectivity index is 3.89. The lowest BCUT2D eigenvalue weighted by Gasteiger charge is -2.25. The van der Waals surface area contributed by atoms with Gasteiger partial charge in [0.2, 0.25) is 5.91 Å². The van der Waals surface area contributed by atoms with Gasteiger partial charge in [-0.1, -0.05) is 13.8 Å². The summed E-state index contributed by atoms with van der Waals surface area (Å²) in [6, 6.07) is 0. The summed E-state index contributed by atoms with van der Waals surface area (Å²) in [5.74, 6) is 5.35. The van der Waals surface area contributed by atoms with Gasteiger partial charge in [-0.05, 0) is 19.8 Å². The van der Waals surface area contributed by atoms with Crippen LogP contribution in [-0.2, 0) is 9.63 Å². The normalized spacial score (nSPS) is 11.8. The minimum absolute atomic E-state index is 0.0389. The van der Waals surface area contributed by atoms with Crippen LogP contribution in [0.1, 0.15) is 34.1 Å². The Hall–Kier alpha value is -0.610. The first-order valence-electron chi connectivity index (χ1n) is 4.50. The molecule has 0 bridgehead atoms. The molecule has 0 aliphatic rings. The lowest BCUT2D eigenvalue weighted by molar-refractivity contribution is -0.124. The third kappa shape index (κ3) is 6.54. The molecule has 4 nitrogen and oxygen atoms in total. The Morgan fingerprint density at radius 2 is 2.08 bits per heavy atom. The minimum Gasteiger partial charge on any atom is -0.349 e. The summed E-state index contributed by atoms with van der Waals surface area (Å²) >= 11 is 0. The molecule has 0 fully saturated rings. The molecule has 4 heteroatoms. The van der Waals surface area contributed by atoms with Crippen molar-refractivity contribution in [3.8, 4) is 0 Å². The predicted octanol–water partition coefficient (Wildman–Crippen LogP) is 0.818. The van der Waals surface area contributed by atoms with Gasteiger partial charge in [0.25, 0.3) is 0 Å². The summed E-state index contributed by atoms with van der Waals surface area (Å²) in [6.07, 6.45) is 0.536. The van der Waals surface area contributed by atoms with Crippen LogP contribution in [0.3, 0.4) is 0 Å². The number of carbonyl (C=O) groups excluding carboxylic acids is 1. The highest BCUT2D eigenvalue weighted by atomic mass is 16.6. The molecule has 1 amide bonds. The first kappa shape index (κ1) is 12.4. The molecular formula is C9H20N2O2. The van der Waals surface area contributed by atoms with Gasteiger partial charge in [-0.15, -0.1) is 0 Å². The molecule has 0 aromatic heterocycles. The maximum absolute atomic E-state index is 11.3. The maximum Gasteiger partial charge on any atom is 0.220 e. The van der Waals surface area contributed by atoms with Gasteiger partial charge in [0.05, 0.1) is 12.1 Å². The highest BCUT2D eigenvalue weighted by Gasteiger charge is 2.20. The molecule has 0 heterocycles. The average molecular weight is 188 g/mol. The van der Waals surface area contributed by atoms with Crippen LogP contribution in [0.25, 0.3) is 0 Å². The largest absolute Gasteiger partial charge is 0.349 e. The van der Waals surface area contributed by atoms with E-state index in [4.69, 9.17) is 5.90 Å². The van der Waals surface area contributed by atoms with Crippen LogP contribution in [0.2, 0.25) is 0 Å². The van der Waals surface area contributed by atoms with Crippen LogP contribution in [0.5, 0.6) is 0 Å². The SMILES string of the molecule is CC(C)CC(=O)NC(C)(C)CON. The second-order valence-electron chi connectivity index (χ2n) is 4.34. The molecule has 0 radical (unpaired) electrons. The van der Waals surface area contributed by atoms with Gasteiger partial charge in [0.15, 0.2) is 0 Å². The number of hydrogen-bond acceptors (Lipinski definition) is 3. The number of hydrogen-bond donors (Lipinski definition) is 2. The summed E-state index contributed by atoms with van der Waals surface area (Å²) < 4.78 is 0. The van der Waals surface area contributed by atoms with Crippen molar-refractivity contribution >= 4 is 5.91 Å². The van der Waals surface area contributed by atoms with Gasteiger partial charge in [0, 0.05) is 6.42 Å². The van der Waals surface area contributed by atoms with E-state index in [2.05, 4.69) is 10.2 Å². The number of nitrogens with one attached hydrogen (secondary N) is 1. The van der Waals surface area contributed by atoms with E-state index in [1.54, 1.807) is 0 Å². The quantitative estimate of drug-likeness (QED) is 0.628. The van der Waals surface area contributed by atoms with E-state index in [0.717, 1.165) is 0 Å². The van der Waals surface area contributed by atoms with Crippen molar-refractivity contribution in [3.05, 3.63) is 0 Å². The molecule has 13 heavy (non-hydrogen) atoms. The van der Waals surface area contributed by atoms with Crippen molar-refractivity contribution in [2.75, 3.05) is 6.61 Å². The molecule has 0 atom stereocenters. The number of amides is 1. The topological polar surface area (TPSA) is 64.3 Å². The van der Waals surface area contributed by atoms with E-state index >= 15 is 0 Å². The molecule has 0 rings (SSSR count). The molecule has 0 aromatic carbocycles. The van der Waals surface area contributed by atoms with E-state index in [-0.39, 0.29) is 11.4 Å². The molecule has 0 aromatic rings. The molecule has 3 N–H and O–H groups in total. The van der Waals surface area contributed by atoms with Crippen LogP contribution < -0.4 is 11.2 Å². The highest BCUT2D eigenvalue weighted by molar-refractivity contribution is 5.76. The van der Waals surface area contributed by atoms with E-state index in [1.165, 1.54) is 0 Å². The van der Waals surface area contributed by atoms with Crippen molar-refractivity contribution in [2.24, 2.45) is 11.8 Å². The third-order valence-corrected chi connectivity index (χ3v) is 1.52.